The summed E-state index contributed by atoms with van der Waals surface area (Å²) in [6, 6.07) is 0. The molecule has 1 atom stereocenters. The number of hydrogen-bond donors (Lipinski definition) is 0. The Kier molecular flexibility index (Phi) is 53.4. The first-order valence-electron chi connectivity index (χ1n) is 28.4. The number of rotatable bonds is 50. The van der Waals surface area contributed by atoms with Gasteiger partial charge in [-0.2, -0.15) is 0 Å². The van der Waals surface area contributed by atoms with Crippen molar-refractivity contribution in [2.45, 2.75) is 258 Å². The van der Waals surface area contributed by atoms with Crippen LogP contribution in [0, 0.1) is 0 Å². The molecule has 0 saturated carbocycles. The second-order valence-electron chi connectivity index (χ2n) is 18.4. The van der Waals surface area contributed by atoms with E-state index in [2.05, 4.69) is 118 Å². The summed E-state index contributed by atoms with van der Waals surface area (Å²) in [4.78, 5) is 38.1. The first-order chi connectivity index (χ1) is 34.0. The third-order valence-corrected chi connectivity index (χ3v) is 11.8. The molecule has 0 aliphatic heterocycles. The van der Waals surface area contributed by atoms with E-state index in [-0.39, 0.29) is 37.5 Å². The van der Waals surface area contributed by atoms with Gasteiger partial charge in [-0.05, 0) is 109 Å². The molecule has 0 aliphatic carbocycles. The highest BCUT2D eigenvalue weighted by molar-refractivity contribution is 5.71. The number of esters is 3. The monoisotopic (exact) mass is 957 g/mol. The van der Waals surface area contributed by atoms with Gasteiger partial charge in [0, 0.05) is 19.3 Å². The minimum atomic E-state index is -0.818. The minimum Gasteiger partial charge on any atom is -0.462 e. The van der Waals surface area contributed by atoms with Crippen LogP contribution in [0.2, 0.25) is 0 Å². The second kappa shape index (κ2) is 56.7. The predicted octanol–water partition coefficient (Wildman–Crippen LogP) is 19.1. The van der Waals surface area contributed by atoms with Crippen molar-refractivity contribution in [3.8, 4) is 0 Å². The first-order valence-corrected chi connectivity index (χ1v) is 28.4. The van der Waals surface area contributed by atoms with Crippen LogP contribution >= 0.6 is 0 Å². The molecule has 0 aromatic heterocycles. The van der Waals surface area contributed by atoms with Crippen LogP contribution in [0.4, 0.5) is 0 Å². The van der Waals surface area contributed by atoms with Crippen LogP contribution in [0.5, 0.6) is 0 Å². The second-order valence-corrected chi connectivity index (χ2v) is 18.4. The van der Waals surface area contributed by atoms with Gasteiger partial charge in [-0.15, -0.1) is 0 Å². The smallest absolute Gasteiger partial charge is 0.306 e. The van der Waals surface area contributed by atoms with Crippen LogP contribution < -0.4 is 0 Å². The third-order valence-electron chi connectivity index (χ3n) is 11.8. The average molecular weight is 958 g/mol. The van der Waals surface area contributed by atoms with Crippen molar-refractivity contribution < 1.29 is 28.6 Å². The maximum Gasteiger partial charge on any atom is 0.306 e. The van der Waals surface area contributed by atoms with Crippen LogP contribution in [0.3, 0.4) is 0 Å². The van der Waals surface area contributed by atoms with E-state index in [1.165, 1.54) is 96.3 Å². The third kappa shape index (κ3) is 54.9. The quantitative estimate of drug-likeness (QED) is 0.0262. The molecule has 0 fully saturated rings. The standard InChI is InChI=1S/C63H104O6/c1-4-7-10-13-16-19-22-25-27-28-29-30-31-32-33-34-36-38-41-44-47-50-53-56-62(65)68-59-60(58-67-61(64)55-52-49-46-43-40-37-24-21-18-15-12-9-6-3)69-63(66)57-54-51-48-45-42-39-35-26-23-20-17-14-11-8-5-2/h8-9,11-12,17-18,20-22,25-26,28-29,35,37,40,46,49,60H,4-7,10,13-16,19,23-24,27,30-34,36,38-39,41-45,47-48,50-59H2,1-3H3/b11-8-,12-9-,20-17-,21-18-,25-22-,29-28-,35-26-,40-37-,49-46-. The van der Waals surface area contributed by atoms with Crippen molar-refractivity contribution in [3.05, 3.63) is 109 Å². The molecular formula is C63H104O6. The molecule has 0 bridgehead atoms. The van der Waals surface area contributed by atoms with Crippen molar-refractivity contribution in [1.29, 1.82) is 0 Å². The molecule has 0 N–H and O–H groups in total. The summed E-state index contributed by atoms with van der Waals surface area (Å²) in [5.74, 6) is -1.01. The number of hydrogen-bond acceptors (Lipinski definition) is 6. The average Bonchev–Trinajstić information content (AvgIpc) is 3.35. The van der Waals surface area contributed by atoms with Gasteiger partial charge in [0.2, 0.25) is 0 Å². The molecule has 0 aliphatic rings. The first kappa shape index (κ1) is 65.1. The molecule has 0 amide bonds. The maximum absolute atomic E-state index is 12.8. The van der Waals surface area contributed by atoms with Crippen LogP contribution in [-0.4, -0.2) is 37.2 Å². The lowest BCUT2D eigenvalue weighted by molar-refractivity contribution is -0.166. The Hall–Kier alpha value is -3.93. The van der Waals surface area contributed by atoms with Gasteiger partial charge in [0.15, 0.2) is 6.10 Å². The Morgan fingerprint density at radius 3 is 0.971 bits per heavy atom. The van der Waals surface area contributed by atoms with Crippen molar-refractivity contribution in [2.24, 2.45) is 0 Å². The normalized spacial score (nSPS) is 12.9. The van der Waals surface area contributed by atoms with Crippen LogP contribution in [0.15, 0.2) is 109 Å². The molecule has 1 unspecified atom stereocenters. The summed E-state index contributed by atoms with van der Waals surface area (Å²) in [6.45, 7) is 6.32. The predicted molar refractivity (Wildman–Crippen MR) is 297 cm³/mol. The summed E-state index contributed by atoms with van der Waals surface area (Å²) in [6.07, 6.45) is 76.7. The van der Waals surface area contributed by atoms with Gasteiger partial charge in [0.05, 0.1) is 0 Å². The molecule has 6 nitrogen and oxygen atoms in total. The highest BCUT2D eigenvalue weighted by atomic mass is 16.6. The lowest BCUT2D eigenvalue weighted by Gasteiger charge is -2.18. The molecular weight excluding hydrogens is 853 g/mol. The number of unbranched alkanes of at least 4 members (excludes halogenated alkanes) is 21. The van der Waals surface area contributed by atoms with Gasteiger partial charge in [-0.25, -0.2) is 0 Å². The van der Waals surface area contributed by atoms with E-state index < -0.39 is 6.10 Å². The van der Waals surface area contributed by atoms with Crippen LogP contribution in [0.25, 0.3) is 0 Å². The number of carbonyl (C=O) groups excluding carboxylic acids is 3. The molecule has 0 saturated heterocycles. The Morgan fingerprint density at radius 2 is 0.594 bits per heavy atom. The fraction of sp³-hybridized carbons (Fsp3) is 0.667. The van der Waals surface area contributed by atoms with Gasteiger partial charge in [0.25, 0.3) is 0 Å². The largest absolute Gasteiger partial charge is 0.462 e. The van der Waals surface area contributed by atoms with Crippen LogP contribution in [-0.2, 0) is 28.6 Å². The number of ether oxygens (including phenoxy) is 3. The fourth-order valence-electron chi connectivity index (χ4n) is 7.56. The molecule has 392 valence electrons. The van der Waals surface area contributed by atoms with Gasteiger partial charge in [0.1, 0.15) is 13.2 Å². The summed E-state index contributed by atoms with van der Waals surface area (Å²) < 4.78 is 16.8. The molecule has 0 aromatic rings. The zero-order chi connectivity index (χ0) is 50.0. The molecule has 6 heteroatoms. The Labute approximate surface area is 425 Å². The molecule has 69 heavy (non-hydrogen) atoms. The van der Waals surface area contributed by atoms with E-state index in [4.69, 9.17) is 14.2 Å². The van der Waals surface area contributed by atoms with Crippen molar-refractivity contribution in [2.75, 3.05) is 13.2 Å². The zero-order valence-corrected chi connectivity index (χ0v) is 44.8. The van der Waals surface area contributed by atoms with Gasteiger partial charge < -0.3 is 14.2 Å². The lowest BCUT2D eigenvalue weighted by Crippen LogP contribution is -2.30. The van der Waals surface area contributed by atoms with Crippen molar-refractivity contribution >= 4 is 17.9 Å². The number of carbonyl (C=O) groups is 3. The Morgan fingerprint density at radius 1 is 0.304 bits per heavy atom. The highest BCUT2D eigenvalue weighted by Gasteiger charge is 2.19. The Balaban J connectivity index is 4.40. The van der Waals surface area contributed by atoms with Gasteiger partial charge in [-0.3, -0.25) is 14.4 Å². The summed E-state index contributed by atoms with van der Waals surface area (Å²) in [5, 5.41) is 0. The summed E-state index contributed by atoms with van der Waals surface area (Å²) >= 11 is 0. The van der Waals surface area contributed by atoms with E-state index in [0.717, 1.165) is 109 Å². The fourth-order valence-corrected chi connectivity index (χ4v) is 7.56. The van der Waals surface area contributed by atoms with Crippen molar-refractivity contribution in [1.82, 2.24) is 0 Å². The van der Waals surface area contributed by atoms with Gasteiger partial charge >= 0.3 is 17.9 Å². The summed E-state index contributed by atoms with van der Waals surface area (Å²) in [5.41, 5.74) is 0. The lowest BCUT2D eigenvalue weighted by atomic mass is 10.0. The van der Waals surface area contributed by atoms with Gasteiger partial charge in [-0.1, -0.05) is 233 Å². The minimum absolute atomic E-state index is 0.110. The molecule has 0 radical (unpaired) electrons. The van der Waals surface area contributed by atoms with E-state index >= 15 is 0 Å². The van der Waals surface area contributed by atoms with E-state index in [0.29, 0.717) is 19.3 Å². The van der Waals surface area contributed by atoms with Crippen molar-refractivity contribution in [3.63, 3.8) is 0 Å². The molecule has 0 aromatic carbocycles. The van der Waals surface area contributed by atoms with E-state index in [9.17, 15) is 14.4 Å². The van der Waals surface area contributed by atoms with E-state index in [1.807, 2.05) is 12.2 Å². The zero-order valence-electron chi connectivity index (χ0n) is 44.8. The molecule has 0 spiro atoms. The van der Waals surface area contributed by atoms with E-state index in [1.54, 1.807) is 0 Å². The summed E-state index contributed by atoms with van der Waals surface area (Å²) in [7, 11) is 0. The SMILES string of the molecule is CC/C=C\C/C=C\C/C=C\C/C=C\CCC(=O)OCC(COC(=O)CCCCCCCCCCCCC/C=C\C/C=C\CCCCCCC)OC(=O)CCCCCCC/C=C\C/C=C\C/C=C\CC. The van der Waals surface area contributed by atoms with Crippen LogP contribution in [0.1, 0.15) is 252 Å². The topological polar surface area (TPSA) is 78.9 Å². The molecule has 0 heterocycles. The maximum atomic E-state index is 12.8. The number of allylic oxidation sites excluding steroid dienone is 18. The Bertz CT molecular complexity index is 1420. The highest BCUT2D eigenvalue weighted by Crippen LogP contribution is 2.15. The molecule has 0 rings (SSSR count).